The summed E-state index contributed by atoms with van der Waals surface area (Å²) in [4.78, 5) is 26.0. The molecule has 1 aliphatic heterocycles. The van der Waals surface area contributed by atoms with Crippen LogP contribution >= 0.6 is 11.6 Å². The zero-order valence-corrected chi connectivity index (χ0v) is 19.6. The molecule has 33 heavy (non-hydrogen) atoms. The SMILES string of the molecule is CCC(CC)C(=O)c1c(O)c(Cl)c(O)c(-c2c(O)c(C)c3c(c2O)C(=O)C(CC)CO3)c1O. The fourth-order valence-electron chi connectivity index (χ4n) is 4.25. The lowest BCUT2D eigenvalue weighted by molar-refractivity contribution is 0.0819. The molecule has 0 fully saturated rings. The van der Waals surface area contributed by atoms with Gasteiger partial charge in [0.25, 0.3) is 0 Å². The van der Waals surface area contributed by atoms with E-state index in [2.05, 4.69) is 0 Å². The van der Waals surface area contributed by atoms with Gasteiger partial charge in [0.05, 0.1) is 23.7 Å². The molecule has 178 valence electrons. The van der Waals surface area contributed by atoms with E-state index in [0.717, 1.165) is 0 Å². The number of halogens is 1. The van der Waals surface area contributed by atoms with Crippen molar-refractivity contribution >= 4 is 23.2 Å². The zero-order chi connectivity index (χ0) is 24.8. The lowest BCUT2D eigenvalue weighted by Crippen LogP contribution is -2.28. The molecule has 0 bridgehead atoms. The molecule has 0 amide bonds. The highest BCUT2D eigenvalue weighted by Crippen LogP contribution is 2.57. The minimum atomic E-state index is -0.868. The topological polar surface area (TPSA) is 145 Å². The summed E-state index contributed by atoms with van der Waals surface area (Å²) in [6.45, 7) is 6.85. The molecule has 0 saturated heterocycles. The third-order valence-corrected chi connectivity index (χ3v) is 6.75. The van der Waals surface area contributed by atoms with E-state index in [1.807, 2.05) is 0 Å². The van der Waals surface area contributed by atoms with E-state index < -0.39 is 73.9 Å². The molecule has 9 heteroatoms. The molecule has 2 aromatic rings. The maximum atomic E-state index is 13.0. The number of hydrogen-bond acceptors (Lipinski definition) is 8. The van der Waals surface area contributed by atoms with Gasteiger partial charge >= 0.3 is 0 Å². The first-order valence-electron chi connectivity index (χ1n) is 10.8. The van der Waals surface area contributed by atoms with Crippen LogP contribution in [0.2, 0.25) is 5.02 Å². The van der Waals surface area contributed by atoms with Crippen molar-refractivity contribution in [3.8, 4) is 45.6 Å². The predicted octanol–water partition coefficient (Wildman–Crippen LogP) is 5.06. The Bertz CT molecular complexity index is 1150. The smallest absolute Gasteiger partial charge is 0.176 e. The Morgan fingerprint density at radius 1 is 0.939 bits per heavy atom. The first-order valence-corrected chi connectivity index (χ1v) is 11.2. The van der Waals surface area contributed by atoms with Crippen LogP contribution in [0.1, 0.15) is 66.3 Å². The van der Waals surface area contributed by atoms with Crippen LogP contribution in [0, 0.1) is 18.8 Å². The van der Waals surface area contributed by atoms with Crippen molar-refractivity contribution in [1.29, 1.82) is 0 Å². The summed E-state index contributed by atoms with van der Waals surface area (Å²) in [6.07, 6.45) is 1.28. The molecule has 0 saturated carbocycles. The average molecular weight is 479 g/mol. The Hall–Kier alpha value is -3.13. The van der Waals surface area contributed by atoms with Gasteiger partial charge in [0.1, 0.15) is 44.9 Å². The predicted molar refractivity (Wildman–Crippen MR) is 122 cm³/mol. The van der Waals surface area contributed by atoms with E-state index in [1.54, 1.807) is 20.8 Å². The van der Waals surface area contributed by atoms with E-state index in [1.165, 1.54) is 6.92 Å². The zero-order valence-electron chi connectivity index (χ0n) is 18.8. The van der Waals surface area contributed by atoms with Crippen molar-refractivity contribution in [3.05, 3.63) is 21.7 Å². The molecular weight excluding hydrogens is 452 g/mol. The molecule has 1 unspecified atom stereocenters. The number of phenols is 5. The lowest BCUT2D eigenvalue weighted by atomic mass is 9.85. The quantitative estimate of drug-likeness (QED) is 0.362. The molecule has 0 radical (unpaired) electrons. The van der Waals surface area contributed by atoms with Gasteiger partial charge in [-0.25, -0.2) is 0 Å². The van der Waals surface area contributed by atoms with Gasteiger partial charge in [-0.3, -0.25) is 9.59 Å². The molecular formula is C24H27ClO8. The van der Waals surface area contributed by atoms with Crippen molar-refractivity contribution in [2.45, 2.75) is 47.0 Å². The number of benzene rings is 2. The first-order chi connectivity index (χ1) is 15.5. The summed E-state index contributed by atoms with van der Waals surface area (Å²) in [5.41, 5.74) is -1.70. The van der Waals surface area contributed by atoms with E-state index in [9.17, 15) is 35.1 Å². The number of Topliss-reactive ketones (excluding diaryl/α,β-unsaturated/α-hetero) is 2. The monoisotopic (exact) mass is 478 g/mol. The van der Waals surface area contributed by atoms with Crippen molar-refractivity contribution in [2.75, 3.05) is 6.61 Å². The number of ketones is 2. The van der Waals surface area contributed by atoms with Gasteiger partial charge in [-0.1, -0.05) is 32.4 Å². The summed E-state index contributed by atoms with van der Waals surface area (Å²) < 4.78 is 5.62. The Morgan fingerprint density at radius 2 is 1.52 bits per heavy atom. The van der Waals surface area contributed by atoms with Gasteiger partial charge in [-0.05, 0) is 26.2 Å². The molecule has 1 heterocycles. The van der Waals surface area contributed by atoms with Crippen LogP contribution < -0.4 is 4.74 Å². The second-order valence-corrected chi connectivity index (χ2v) is 8.55. The van der Waals surface area contributed by atoms with Gasteiger partial charge in [-0.15, -0.1) is 0 Å². The third-order valence-electron chi connectivity index (χ3n) is 6.39. The lowest BCUT2D eigenvalue weighted by Gasteiger charge is -2.27. The van der Waals surface area contributed by atoms with Crippen molar-refractivity contribution in [3.63, 3.8) is 0 Å². The van der Waals surface area contributed by atoms with Crippen LogP contribution in [-0.2, 0) is 0 Å². The molecule has 5 N–H and O–H groups in total. The van der Waals surface area contributed by atoms with Crippen molar-refractivity contribution < 1.29 is 39.9 Å². The Labute approximate surface area is 196 Å². The van der Waals surface area contributed by atoms with Crippen LogP contribution in [0.25, 0.3) is 11.1 Å². The normalized spacial score (nSPS) is 15.5. The van der Waals surface area contributed by atoms with E-state index >= 15 is 0 Å². The molecule has 3 rings (SSSR count). The van der Waals surface area contributed by atoms with Gasteiger partial charge in [0, 0.05) is 11.5 Å². The van der Waals surface area contributed by atoms with Crippen molar-refractivity contribution in [1.82, 2.24) is 0 Å². The van der Waals surface area contributed by atoms with Crippen LogP contribution in [0.3, 0.4) is 0 Å². The number of aromatic hydroxyl groups is 5. The fourth-order valence-corrected chi connectivity index (χ4v) is 4.44. The van der Waals surface area contributed by atoms with Crippen LogP contribution in [-0.4, -0.2) is 43.7 Å². The first kappa shape index (κ1) is 24.5. The van der Waals surface area contributed by atoms with Crippen LogP contribution in [0.15, 0.2) is 0 Å². The van der Waals surface area contributed by atoms with Gasteiger partial charge in [0.15, 0.2) is 17.3 Å². The van der Waals surface area contributed by atoms with Gasteiger partial charge in [-0.2, -0.15) is 0 Å². The van der Waals surface area contributed by atoms with E-state index in [0.29, 0.717) is 19.3 Å². The number of carbonyl (C=O) groups excluding carboxylic acids is 2. The number of ether oxygens (including phenoxy) is 1. The minimum Gasteiger partial charge on any atom is -0.507 e. The highest BCUT2D eigenvalue weighted by atomic mass is 35.5. The summed E-state index contributed by atoms with van der Waals surface area (Å²) in [6, 6.07) is 0. The summed E-state index contributed by atoms with van der Waals surface area (Å²) in [7, 11) is 0. The largest absolute Gasteiger partial charge is 0.507 e. The number of fused-ring (bicyclic) bond motifs is 1. The third kappa shape index (κ3) is 3.62. The van der Waals surface area contributed by atoms with E-state index in [4.69, 9.17) is 16.3 Å². The molecule has 8 nitrogen and oxygen atoms in total. The maximum Gasteiger partial charge on any atom is 0.176 e. The summed E-state index contributed by atoms with van der Waals surface area (Å²) in [5, 5.41) is 53.4. The van der Waals surface area contributed by atoms with Gasteiger partial charge in [0.2, 0.25) is 0 Å². The number of hydrogen-bond donors (Lipinski definition) is 5. The second kappa shape index (κ2) is 9.02. The fraction of sp³-hybridized carbons (Fsp3) is 0.417. The van der Waals surface area contributed by atoms with Gasteiger partial charge < -0.3 is 30.3 Å². The average Bonchev–Trinajstić information content (AvgIpc) is 2.79. The van der Waals surface area contributed by atoms with Crippen molar-refractivity contribution in [2.24, 2.45) is 11.8 Å². The maximum absolute atomic E-state index is 13.0. The molecule has 0 spiro atoms. The summed E-state index contributed by atoms with van der Waals surface area (Å²) >= 11 is 6.09. The van der Waals surface area contributed by atoms with Crippen LogP contribution in [0.4, 0.5) is 0 Å². The Kier molecular flexibility index (Phi) is 6.70. The standard InChI is InChI=1S/C24H27ClO8/c1-5-10(6-2)18(27)14-20(29)13(22(31)16(25)23(14)32)12-17(26)9(4)24-15(21(12)30)19(28)11(7-3)8-33-24/h10-11,26,29-32H,5-8H2,1-4H3. The van der Waals surface area contributed by atoms with Crippen LogP contribution in [0.5, 0.6) is 34.5 Å². The second-order valence-electron chi connectivity index (χ2n) is 8.17. The molecule has 1 aliphatic rings. The number of carbonyl (C=O) groups is 2. The summed E-state index contributed by atoms with van der Waals surface area (Å²) in [5.74, 6) is -5.98. The Balaban J connectivity index is 2.42. The number of phenolic OH excluding ortho intramolecular Hbond substituents is 5. The molecule has 0 aliphatic carbocycles. The highest BCUT2D eigenvalue weighted by molar-refractivity contribution is 6.35. The number of rotatable bonds is 6. The minimum absolute atomic E-state index is 0.000588. The molecule has 0 aromatic heterocycles. The Morgan fingerprint density at radius 3 is 2.06 bits per heavy atom. The highest BCUT2D eigenvalue weighted by Gasteiger charge is 2.38. The van der Waals surface area contributed by atoms with E-state index in [-0.39, 0.29) is 23.5 Å². The molecule has 1 atom stereocenters. The molecule has 2 aromatic carbocycles.